The number of hydrogen-bond donors (Lipinski definition) is 1. The van der Waals surface area contributed by atoms with Crippen molar-refractivity contribution < 1.29 is 13.2 Å². The minimum atomic E-state index is -3.06. The molecule has 4 nitrogen and oxygen atoms in total. The van der Waals surface area contributed by atoms with Crippen molar-refractivity contribution in [3.63, 3.8) is 0 Å². The van der Waals surface area contributed by atoms with Crippen LogP contribution in [0.15, 0.2) is 22.7 Å². The van der Waals surface area contributed by atoms with Gasteiger partial charge in [-0.05, 0) is 54.0 Å². The predicted octanol–water partition coefficient (Wildman–Crippen LogP) is 2.02. The quantitative estimate of drug-likeness (QED) is 0.853. The molecule has 0 aliphatic rings. The van der Waals surface area contributed by atoms with Gasteiger partial charge in [0.05, 0.1) is 16.8 Å². The van der Waals surface area contributed by atoms with Crippen molar-refractivity contribution in [3.05, 3.63) is 28.2 Å². The first-order valence-corrected chi connectivity index (χ1v) is 8.73. The van der Waals surface area contributed by atoms with E-state index in [1.807, 2.05) is 18.2 Å². The Balaban J connectivity index is 2.90. The number of likely N-dealkylation sites (N-methyl/N-ethyl adjacent to an activating group) is 1. The van der Waals surface area contributed by atoms with Crippen LogP contribution in [-0.4, -0.2) is 40.1 Å². The smallest absolute Gasteiger partial charge is 0.151 e. The molecular weight excluding hydrogens is 330 g/mol. The van der Waals surface area contributed by atoms with Gasteiger partial charge in [0, 0.05) is 12.3 Å². The third kappa shape index (κ3) is 4.47. The summed E-state index contributed by atoms with van der Waals surface area (Å²) in [5, 5.41) is 2.65. The summed E-state index contributed by atoms with van der Waals surface area (Å²) in [6.07, 6.45) is 1.92. The van der Waals surface area contributed by atoms with Crippen molar-refractivity contribution >= 4 is 25.8 Å². The van der Waals surface area contributed by atoms with E-state index in [1.54, 1.807) is 21.1 Å². The number of halogens is 1. The number of rotatable bonds is 6. The van der Waals surface area contributed by atoms with Gasteiger partial charge in [-0.25, -0.2) is 8.42 Å². The lowest BCUT2D eigenvalue weighted by Crippen LogP contribution is -2.41. The lowest BCUT2D eigenvalue weighted by molar-refractivity contribution is 0.412. The third-order valence-corrected chi connectivity index (χ3v) is 5.58. The zero-order valence-electron chi connectivity index (χ0n) is 11.6. The van der Waals surface area contributed by atoms with Crippen molar-refractivity contribution in [2.24, 2.45) is 0 Å². The van der Waals surface area contributed by atoms with Gasteiger partial charge in [0.15, 0.2) is 9.84 Å². The maximum atomic E-state index is 11.6. The van der Waals surface area contributed by atoms with E-state index < -0.39 is 15.1 Å². The van der Waals surface area contributed by atoms with Crippen molar-refractivity contribution in [2.45, 2.75) is 24.6 Å². The molecule has 2 atom stereocenters. The van der Waals surface area contributed by atoms with Gasteiger partial charge in [0.1, 0.15) is 5.75 Å². The molecule has 1 N–H and O–H groups in total. The fourth-order valence-corrected chi connectivity index (χ4v) is 3.31. The largest absolute Gasteiger partial charge is 0.496 e. The zero-order valence-corrected chi connectivity index (χ0v) is 14.0. The van der Waals surface area contributed by atoms with Crippen molar-refractivity contribution in [3.8, 4) is 5.75 Å². The molecule has 0 saturated carbocycles. The topological polar surface area (TPSA) is 55.4 Å². The molecule has 0 radical (unpaired) electrons. The van der Waals surface area contributed by atoms with Gasteiger partial charge < -0.3 is 10.1 Å². The van der Waals surface area contributed by atoms with Crippen LogP contribution in [0.3, 0.4) is 0 Å². The molecular formula is C13H20BrNO3S. The molecule has 0 aromatic heterocycles. The summed E-state index contributed by atoms with van der Waals surface area (Å²) >= 11 is 3.43. The lowest BCUT2D eigenvalue weighted by atomic mass is 10.0. The van der Waals surface area contributed by atoms with Gasteiger partial charge in [0.25, 0.3) is 0 Å². The van der Waals surface area contributed by atoms with Crippen LogP contribution in [0.2, 0.25) is 0 Å². The zero-order chi connectivity index (χ0) is 14.6. The molecule has 0 fully saturated rings. The summed E-state index contributed by atoms with van der Waals surface area (Å²) in [6, 6.07) is 5.66. The summed E-state index contributed by atoms with van der Waals surface area (Å²) in [6.45, 7) is 1.73. The van der Waals surface area contributed by atoms with E-state index in [0.717, 1.165) is 15.8 Å². The Labute approximate surface area is 123 Å². The summed E-state index contributed by atoms with van der Waals surface area (Å²) < 4.78 is 29.3. The van der Waals surface area contributed by atoms with Gasteiger partial charge >= 0.3 is 0 Å². The minimum absolute atomic E-state index is 0.115. The van der Waals surface area contributed by atoms with E-state index in [9.17, 15) is 8.42 Å². The Morgan fingerprint density at radius 1 is 1.42 bits per heavy atom. The highest BCUT2D eigenvalue weighted by Gasteiger charge is 2.24. The Hall–Kier alpha value is -0.590. The van der Waals surface area contributed by atoms with E-state index >= 15 is 0 Å². The van der Waals surface area contributed by atoms with Crippen LogP contribution >= 0.6 is 15.9 Å². The molecule has 0 bridgehead atoms. The van der Waals surface area contributed by atoms with Crippen LogP contribution in [0.5, 0.6) is 5.75 Å². The minimum Gasteiger partial charge on any atom is -0.496 e. The molecule has 2 unspecified atom stereocenters. The van der Waals surface area contributed by atoms with E-state index in [2.05, 4.69) is 21.2 Å². The number of nitrogens with one attached hydrogen (secondary N) is 1. The fourth-order valence-electron chi connectivity index (χ4n) is 1.89. The Morgan fingerprint density at radius 2 is 2.05 bits per heavy atom. The molecule has 108 valence electrons. The Kier molecular flexibility index (Phi) is 5.82. The molecule has 6 heteroatoms. The SMILES string of the molecule is CNC(Cc1ccc(OC)c(Br)c1)C(C)S(C)(=O)=O. The summed E-state index contributed by atoms with van der Waals surface area (Å²) in [4.78, 5) is 0. The highest BCUT2D eigenvalue weighted by atomic mass is 79.9. The first-order valence-electron chi connectivity index (χ1n) is 5.98. The van der Waals surface area contributed by atoms with Crippen LogP contribution < -0.4 is 10.1 Å². The molecule has 0 heterocycles. The van der Waals surface area contributed by atoms with E-state index in [0.29, 0.717) is 6.42 Å². The molecule has 0 amide bonds. The molecule has 0 aliphatic carbocycles. The van der Waals surface area contributed by atoms with Gasteiger partial charge in [-0.15, -0.1) is 0 Å². The van der Waals surface area contributed by atoms with Crippen molar-refractivity contribution in [1.29, 1.82) is 0 Å². The van der Waals surface area contributed by atoms with E-state index in [4.69, 9.17) is 4.74 Å². The van der Waals surface area contributed by atoms with Crippen LogP contribution in [0.25, 0.3) is 0 Å². The maximum Gasteiger partial charge on any atom is 0.151 e. The summed E-state index contributed by atoms with van der Waals surface area (Å²) in [5.41, 5.74) is 1.06. The second kappa shape index (κ2) is 6.72. The fraction of sp³-hybridized carbons (Fsp3) is 0.538. The molecule has 0 saturated heterocycles. The number of hydrogen-bond acceptors (Lipinski definition) is 4. The number of sulfone groups is 1. The average Bonchev–Trinajstić information content (AvgIpc) is 2.34. The van der Waals surface area contributed by atoms with Gasteiger partial charge in [-0.1, -0.05) is 6.07 Å². The standard InChI is InChI=1S/C13H20BrNO3S/c1-9(19(4,16)17)12(15-2)8-10-5-6-13(18-3)11(14)7-10/h5-7,9,12,15H,8H2,1-4H3. The van der Waals surface area contributed by atoms with Crippen LogP contribution in [0.1, 0.15) is 12.5 Å². The van der Waals surface area contributed by atoms with Crippen molar-refractivity contribution in [2.75, 3.05) is 20.4 Å². The normalized spacial score (nSPS) is 15.0. The average molecular weight is 350 g/mol. The second-order valence-corrected chi connectivity index (χ2v) is 7.86. The highest BCUT2D eigenvalue weighted by Crippen LogP contribution is 2.26. The molecule has 0 spiro atoms. The molecule has 19 heavy (non-hydrogen) atoms. The lowest BCUT2D eigenvalue weighted by Gasteiger charge is -2.22. The Morgan fingerprint density at radius 3 is 2.47 bits per heavy atom. The molecule has 1 rings (SSSR count). The predicted molar refractivity (Wildman–Crippen MR) is 81.6 cm³/mol. The van der Waals surface area contributed by atoms with Gasteiger partial charge in [0.2, 0.25) is 0 Å². The maximum absolute atomic E-state index is 11.6. The number of benzene rings is 1. The van der Waals surface area contributed by atoms with Gasteiger partial charge in [-0.3, -0.25) is 0 Å². The molecule has 1 aromatic carbocycles. The van der Waals surface area contributed by atoms with Crippen LogP contribution in [0.4, 0.5) is 0 Å². The monoisotopic (exact) mass is 349 g/mol. The molecule has 0 aliphatic heterocycles. The third-order valence-electron chi connectivity index (χ3n) is 3.28. The van der Waals surface area contributed by atoms with Crippen molar-refractivity contribution in [1.82, 2.24) is 5.32 Å². The van der Waals surface area contributed by atoms with Gasteiger partial charge in [-0.2, -0.15) is 0 Å². The summed E-state index contributed by atoms with van der Waals surface area (Å²) in [7, 11) is 0.340. The molecule has 1 aromatic rings. The second-order valence-electron chi connectivity index (χ2n) is 4.60. The summed E-state index contributed by atoms with van der Waals surface area (Å²) in [5.74, 6) is 0.765. The number of ether oxygens (including phenoxy) is 1. The van der Waals surface area contributed by atoms with E-state index in [-0.39, 0.29) is 6.04 Å². The van der Waals surface area contributed by atoms with Crippen LogP contribution in [0, 0.1) is 0 Å². The number of methoxy groups -OCH3 is 1. The first-order chi connectivity index (χ1) is 8.79. The van der Waals surface area contributed by atoms with E-state index in [1.165, 1.54) is 6.26 Å². The highest BCUT2D eigenvalue weighted by molar-refractivity contribution is 9.10. The van der Waals surface area contributed by atoms with Crippen LogP contribution in [-0.2, 0) is 16.3 Å². The first kappa shape index (κ1) is 16.5. The Bertz CT molecular complexity index is 531.